The molecule has 10 amide bonds. The van der Waals surface area contributed by atoms with E-state index in [2.05, 4.69) is 53.2 Å². The number of carbonyl (C=O) groups is 10. The van der Waals surface area contributed by atoms with E-state index in [0.717, 1.165) is 0 Å². The number of rotatable bonds is 22. The highest BCUT2D eigenvalue weighted by molar-refractivity contribution is 5.94. The van der Waals surface area contributed by atoms with Crippen molar-refractivity contribution in [2.45, 2.75) is 220 Å². The van der Waals surface area contributed by atoms with Crippen LogP contribution in [0.5, 0.6) is 5.75 Å². The lowest BCUT2D eigenvalue weighted by Crippen LogP contribution is -2.57. The minimum Gasteiger partial charge on any atom is -0.508 e. The van der Waals surface area contributed by atoms with Gasteiger partial charge in [0.1, 0.15) is 64.0 Å². The van der Waals surface area contributed by atoms with Crippen molar-refractivity contribution < 1.29 is 81.8 Å². The summed E-state index contributed by atoms with van der Waals surface area (Å²) in [4.78, 5) is 134. The maximum atomic E-state index is 14.5. The second-order valence-electron chi connectivity index (χ2n) is 26.4. The van der Waals surface area contributed by atoms with Gasteiger partial charge in [-0.05, 0) is 177 Å². The van der Waals surface area contributed by atoms with Crippen molar-refractivity contribution in [3.63, 3.8) is 0 Å². The molecule has 1 heterocycles. The standard InChI is InChI=1S/C61H96N10O17/c1-57(2,3)84-52(79)64-29-19-24-43-50(77)68-44(31-36-20-16-21-37(30-36)38-25-26-46(73)39(32-38)33-45(51(78)67-43)71-56(83)88-61(13,14)15)49(76)63-28-17-22-41(69-54(81)86-59(7,8)9)47(74)62-27-18-23-42(70-55(82)87-60(10,11)12)48(75)65-34-40(72)35-66-53(80)85-58(4,5)6/h16,20-21,25-26,30,32,40-45,72-73H,17-19,22-24,27-29,31,33-35H2,1-15H3,(H,62,74)(H,63,76)(H,64,79)(H,65,75)(H,66,80)(H,67,78)(H,68,77)(H,69,81)(H,70,82)(H,71,83)/t40?,41-,42-,43-,44-,45-/m0/s1. The predicted molar refractivity (Wildman–Crippen MR) is 325 cm³/mol. The zero-order chi connectivity index (χ0) is 66.4. The summed E-state index contributed by atoms with van der Waals surface area (Å²) in [6.45, 7) is 24.2. The first-order chi connectivity index (χ1) is 40.6. The largest absolute Gasteiger partial charge is 0.508 e. The Morgan fingerprint density at radius 2 is 1.01 bits per heavy atom. The first kappa shape index (κ1) is 74.2. The topological polar surface area (TPSA) is 378 Å². The normalized spacial score (nSPS) is 16.8. The molecule has 492 valence electrons. The number of alkyl carbamates (subject to hydrolysis) is 5. The summed E-state index contributed by atoms with van der Waals surface area (Å²) in [5.41, 5.74) is -2.19. The maximum Gasteiger partial charge on any atom is 0.408 e. The number of aromatic hydroxyl groups is 1. The number of ether oxygens (including phenoxy) is 5. The molecule has 27 heteroatoms. The van der Waals surface area contributed by atoms with E-state index in [9.17, 15) is 58.2 Å². The molecule has 0 saturated heterocycles. The van der Waals surface area contributed by atoms with Crippen molar-refractivity contribution in [3.05, 3.63) is 53.6 Å². The molecule has 4 bridgehead atoms. The van der Waals surface area contributed by atoms with Gasteiger partial charge in [0.2, 0.25) is 29.5 Å². The summed E-state index contributed by atoms with van der Waals surface area (Å²) in [5.74, 6) is -3.77. The minimum atomic E-state index is -1.40. The summed E-state index contributed by atoms with van der Waals surface area (Å²) in [7, 11) is 0. The molecule has 88 heavy (non-hydrogen) atoms. The van der Waals surface area contributed by atoms with Gasteiger partial charge in [0.25, 0.3) is 0 Å². The molecular weight excluding hydrogens is 1140 g/mol. The molecular formula is C61H96N10O17. The van der Waals surface area contributed by atoms with Crippen molar-refractivity contribution in [2.75, 3.05) is 32.7 Å². The molecule has 1 unspecified atom stereocenters. The first-order valence-electron chi connectivity index (χ1n) is 29.6. The van der Waals surface area contributed by atoms with Gasteiger partial charge >= 0.3 is 30.5 Å². The number of nitrogens with one attached hydrogen (secondary N) is 10. The number of aliphatic hydroxyl groups excluding tert-OH is 1. The molecule has 0 radical (unpaired) electrons. The number of hydrogen-bond acceptors (Lipinski definition) is 17. The highest BCUT2D eigenvalue weighted by Gasteiger charge is 2.33. The Hall–Kier alpha value is -8.10. The van der Waals surface area contributed by atoms with Gasteiger partial charge in [0.15, 0.2) is 0 Å². The molecule has 1 aliphatic heterocycles. The Morgan fingerprint density at radius 3 is 1.57 bits per heavy atom. The van der Waals surface area contributed by atoms with Gasteiger partial charge in [-0.25, -0.2) is 24.0 Å². The molecule has 0 aromatic heterocycles. The second kappa shape index (κ2) is 33.3. The van der Waals surface area contributed by atoms with Gasteiger partial charge in [0.05, 0.1) is 6.10 Å². The van der Waals surface area contributed by atoms with E-state index in [1.165, 1.54) is 6.07 Å². The number of hydrogen-bond donors (Lipinski definition) is 12. The van der Waals surface area contributed by atoms with Gasteiger partial charge in [0, 0.05) is 45.6 Å². The van der Waals surface area contributed by atoms with Crippen LogP contribution >= 0.6 is 0 Å². The van der Waals surface area contributed by atoms with E-state index in [1.54, 1.807) is 134 Å². The molecule has 3 rings (SSSR count). The van der Waals surface area contributed by atoms with Crippen molar-refractivity contribution >= 4 is 60.0 Å². The van der Waals surface area contributed by atoms with E-state index >= 15 is 0 Å². The number of phenolic OH excluding ortho intramolecular Hbond substituents is 1. The lowest BCUT2D eigenvalue weighted by atomic mass is 9.96. The van der Waals surface area contributed by atoms with Crippen LogP contribution < -0.4 is 53.2 Å². The van der Waals surface area contributed by atoms with Crippen molar-refractivity contribution in [2.24, 2.45) is 0 Å². The van der Waals surface area contributed by atoms with Crippen molar-refractivity contribution in [3.8, 4) is 16.9 Å². The van der Waals surface area contributed by atoms with E-state index in [-0.39, 0.29) is 95.4 Å². The molecule has 1 aliphatic rings. The van der Waals surface area contributed by atoms with E-state index < -0.39 is 124 Å². The average Bonchev–Trinajstić information content (AvgIpc) is 1.43. The number of phenols is 1. The zero-order valence-corrected chi connectivity index (χ0v) is 53.7. The molecule has 6 atom stereocenters. The Balaban J connectivity index is 1.87. The molecule has 0 aliphatic carbocycles. The Kier molecular flexibility index (Phi) is 28.1. The van der Waals surface area contributed by atoms with Crippen LogP contribution in [0.15, 0.2) is 42.5 Å². The smallest absolute Gasteiger partial charge is 0.408 e. The fourth-order valence-corrected chi connectivity index (χ4v) is 8.40. The molecule has 0 fully saturated rings. The number of fused-ring (bicyclic) bond motifs is 5. The van der Waals surface area contributed by atoms with Crippen LogP contribution in [0, 0.1) is 0 Å². The molecule has 0 saturated carbocycles. The second-order valence-corrected chi connectivity index (χ2v) is 26.4. The Bertz CT molecular complexity index is 2720. The summed E-state index contributed by atoms with van der Waals surface area (Å²) in [6.07, 6.45) is -5.56. The molecule has 27 nitrogen and oxygen atoms in total. The lowest BCUT2D eigenvalue weighted by Gasteiger charge is -2.27. The quantitative estimate of drug-likeness (QED) is 0.0550. The third-order valence-corrected chi connectivity index (χ3v) is 12.2. The summed E-state index contributed by atoms with van der Waals surface area (Å²) in [5, 5.41) is 47.9. The number of benzene rings is 2. The third-order valence-electron chi connectivity index (χ3n) is 12.2. The highest BCUT2D eigenvalue weighted by Crippen LogP contribution is 2.29. The van der Waals surface area contributed by atoms with Gasteiger partial charge in [-0.1, -0.05) is 30.3 Å². The van der Waals surface area contributed by atoms with Crippen LogP contribution in [0.1, 0.15) is 154 Å². The van der Waals surface area contributed by atoms with Crippen LogP contribution in [0.25, 0.3) is 11.1 Å². The Morgan fingerprint density at radius 1 is 0.534 bits per heavy atom. The van der Waals surface area contributed by atoms with Gasteiger partial charge in [-0.3, -0.25) is 24.0 Å². The van der Waals surface area contributed by atoms with E-state index in [1.807, 2.05) is 6.07 Å². The van der Waals surface area contributed by atoms with Crippen LogP contribution in [0.3, 0.4) is 0 Å². The monoisotopic (exact) mass is 1240 g/mol. The maximum absolute atomic E-state index is 14.5. The van der Waals surface area contributed by atoms with Gasteiger partial charge < -0.3 is 87.1 Å². The fourth-order valence-electron chi connectivity index (χ4n) is 8.40. The average molecular weight is 1240 g/mol. The van der Waals surface area contributed by atoms with Crippen LogP contribution in [-0.4, -0.2) is 167 Å². The lowest BCUT2D eigenvalue weighted by molar-refractivity contribution is -0.132. The minimum absolute atomic E-state index is 0.0204. The van der Waals surface area contributed by atoms with Crippen LogP contribution in [0.4, 0.5) is 24.0 Å². The molecule has 2 aromatic rings. The molecule has 12 N–H and O–H groups in total. The number of aliphatic hydroxyl groups is 1. The van der Waals surface area contributed by atoms with Crippen molar-refractivity contribution in [1.82, 2.24) is 53.2 Å². The van der Waals surface area contributed by atoms with Crippen LogP contribution in [0.2, 0.25) is 0 Å². The SMILES string of the molecule is CC(C)(C)OC(=O)NCCC[C@@H]1NC(=O)[C@@H](NC(=O)OC(C)(C)C)Cc2cc(ccc2O)-c2cccc(c2)C[C@@H](C(=O)NCCC[C@H](NC(=O)OC(C)(C)C)C(=O)NCCC[C@H](NC(=O)OC(C)(C)C)C(=O)NCC(O)CNC(=O)OC(C)(C)C)NC1=O. The molecule has 0 spiro atoms. The zero-order valence-electron chi connectivity index (χ0n) is 53.7. The van der Waals surface area contributed by atoms with E-state index in [4.69, 9.17) is 23.7 Å². The molecule has 2 aromatic carbocycles. The summed E-state index contributed by atoms with van der Waals surface area (Å²) >= 11 is 0. The van der Waals surface area contributed by atoms with Gasteiger partial charge in [-0.15, -0.1) is 0 Å². The Labute approximate surface area is 516 Å². The summed E-state index contributed by atoms with van der Waals surface area (Å²) in [6, 6.07) is 5.48. The predicted octanol–water partition coefficient (Wildman–Crippen LogP) is 4.91. The van der Waals surface area contributed by atoms with Gasteiger partial charge in [-0.2, -0.15) is 0 Å². The van der Waals surface area contributed by atoms with Crippen molar-refractivity contribution in [1.29, 1.82) is 0 Å². The first-order valence-corrected chi connectivity index (χ1v) is 29.6. The summed E-state index contributed by atoms with van der Waals surface area (Å²) < 4.78 is 26.8. The van der Waals surface area contributed by atoms with Crippen LogP contribution in [-0.2, 0) is 60.5 Å². The number of amides is 10. The fraction of sp³-hybridized carbons (Fsp3) is 0.639. The van der Waals surface area contributed by atoms with E-state index in [0.29, 0.717) is 16.7 Å². The highest BCUT2D eigenvalue weighted by atomic mass is 16.6. The number of carbonyl (C=O) groups excluding carboxylic acids is 10. The third kappa shape index (κ3) is 30.5.